The van der Waals surface area contributed by atoms with Crippen LogP contribution in [0.4, 0.5) is 10.1 Å². The van der Waals surface area contributed by atoms with E-state index in [0.29, 0.717) is 29.2 Å². The first kappa shape index (κ1) is 20.5. The van der Waals surface area contributed by atoms with Crippen molar-refractivity contribution in [2.24, 2.45) is 0 Å². The number of hydrogen-bond donors (Lipinski definition) is 2. The Hall–Kier alpha value is -2.80. The van der Waals surface area contributed by atoms with Gasteiger partial charge in [-0.3, -0.25) is 9.20 Å². The molecule has 1 aliphatic heterocycles. The van der Waals surface area contributed by atoms with Crippen molar-refractivity contribution in [3.05, 3.63) is 69.1 Å². The molecule has 5 rings (SSSR count). The molecule has 0 amide bonds. The van der Waals surface area contributed by atoms with Crippen molar-refractivity contribution >= 4 is 29.6 Å². The highest BCUT2D eigenvalue weighted by molar-refractivity contribution is 5.89. The van der Waals surface area contributed by atoms with Gasteiger partial charge < -0.3 is 15.0 Å². The van der Waals surface area contributed by atoms with Crippen molar-refractivity contribution in [2.45, 2.75) is 38.0 Å². The molecule has 0 bridgehead atoms. The second-order valence-electron chi connectivity index (χ2n) is 8.12. The lowest BCUT2D eigenvalue weighted by molar-refractivity contribution is 0.0694. The SMILES string of the molecule is Cc1c(N2CC[C@@H](c3ccc[nH]3)C2)c(F)cn2c(=O)c(C(=O)O)cc(C3CC3)c12.Cl. The first-order valence-electron chi connectivity index (χ1n) is 9.95. The van der Waals surface area contributed by atoms with E-state index >= 15 is 4.39 Å². The average molecular weight is 432 g/mol. The number of H-pyrrole nitrogens is 1. The van der Waals surface area contributed by atoms with Crippen LogP contribution in [0.25, 0.3) is 5.52 Å². The zero-order valence-electron chi connectivity index (χ0n) is 16.5. The number of carboxylic acid groups (broad SMARTS) is 1. The van der Waals surface area contributed by atoms with Gasteiger partial charge in [-0.15, -0.1) is 12.4 Å². The van der Waals surface area contributed by atoms with Gasteiger partial charge in [-0.25, -0.2) is 9.18 Å². The smallest absolute Gasteiger partial charge is 0.341 e. The van der Waals surface area contributed by atoms with Gasteiger partial charge in [-0.2, -0.15) is 0 Å². The van der Waals surface area contributed by atoms with Crippen molar-refractivity contribution in [3.63, 3.8) is 0 Å². The molecule has 4 heterocycles. The molecule has 3 aromatic rings. The van der Waals surface area contributed by atoms with Crippen molar-refractivity contribution in [1.29, 1.82) is 0 Å². The van der Waals surface area contributed by atoms with Gasteiger partial charge >= 0.3 is 5.97 Å². The molecule has 8 heteroatoms. The summed E-state index contributed by atoms with van der Waals surface area (Å²) in [5, 5.41) is 9.42. The predicted octanol–water partition coefficient (Wildman–Crippen LogP) is 4.07. The summed E-state index contributed by atoms with van der Waals surface area (Å²) in [5.41, 5.74) is 2.87. The molecule has 1 saturated heterocycles. The lowest BCUT2D eigenvalue weighted by Gasteiger charge is -2.24. The maximum absolute atomic E-state index is 15.2. The minimum atomic E-state index is -1.28. The minimum Gasteiger partial charge on any atom is -0.477 e. The molecule has 30 heavy (non-hydrogen) atoms. The fourth-order valence-electron chi connectivity index (χ4n) is 4.70. The van der Waals surface area contributed by atoms with Crippen LogP contribution in [-0.4, -0.2) is 33.6 Å². The van der Waals surface area contributed by atoms with E-state index < -0.39 is 17.3 Å². The predicted molar refractivity (Wildman–Crippen MR) is 115 cm³/mol. The van der Waals surface area contributed by atoms with Crippen LogP contribution in [0.15, 0.2) is 35.4 Å². The molecule has 3 aromatic heterocycles. The first-order chi connectivity index (χ1) is 14.0. The molecule has 2 N–H and O–H groups in total. The monoisotopic (exact) mass is 431 g/mol. The molecule has 1 saturated carbocycles. The van der Waals surface area contributed by atoms with Gasteiger partial charge in [-0.1, -0.05) is 0 Å². The summed E-state index contributed by atoms with van der Waals surface area (Å²) in [6.07, 6.45) is 5.90. The third-order valence-electron chi connectivity index (χ3n) is 6.26. The number of pyridine rings is 2. The normalized spacial score (nSPS) is 18.6. The number of nitrogens with one attached hydrogen (secondary N) is 1. The number of fused-ring (bicyclic) bond motifs is 1. The maximum atomic E-state index is 15.2. The Morgan fingerprint density at radius 2 is 2.03 bits per heavy atom. The van der Waals surface area contributed by atoms with Crippen LogP contribution in [0.2, 0.25) is 0 Å². The zero-order chi connectivity index (χ0) is 20.3. The van der Waals surface area contributed by atoms with Gasteiger partial charge in [0, 0.05) is 30.9 Å². The van der Waals surface area contributed by atoms with E-state index in [2.05, 4.69) is 11.1 Å². The van der Waals surface area contributed by atoms with E-state index in [9.17, 15) is 14.7 Å². The number of aromatic nitrogens is 2. The summed E-state index contributed by atoms with van der Waals surface area (Å²) in [5.74, 6) is -1.24. The fraction of sp³-hybridized carbons (Fsp3) is 0.364. The molecule has 0 unspecified atom stereocenters. The van der Waals surface area contributed by atoms with E-state index in [4.69, 9.17) is 0 Å². The molecular weight excluding hydrogens is 409 g/mol. The highest BCUT2D eigenvalue weighted by Crippen LogP contribution is 2.44. The second-order valence-corrected chi connectivity index (χ2v) is 8.12. The third-order valence-corrected chi connectivity index (χ3v) is 6.26. The zero-order valence-corrected chi connectivity index (χ0v) is 17.3. The number of hydrogen-bond acceptors (Lipinski definition) is 3. The number of halogens is 2. The summed E-state index contributed by atoms with van der Waals surface area (Å²) in [6.45, 7) is 3.26. The Morgan fingerprint density at radius 3 is 2.67 bits per heavy atom. The lowest BCUT2D eigenvalue weighted by Crippen LogP contribution is -2.27. The first-order valence-corrected chi connectivity index (χ1v) is 9.95. The van der Waals surface area contributed by atoms with Crippen LogP contribution in [0.5, 0.6) is 0 Å². The van der Waals surface area contributed by atoms with Crippen LogP contribution in [0.1, 0.15) is 58.3 Å². The largest absolute Gasteiger partial charge is 0.477 e. The van der Waals surface area contributed by atoms with E-state index in [0.717, 1.165) is 37.1 Å². The van der Waals surface area contributed by atoms with E-state index in [1.165, 1.54) is 16.7 Å². The minimum absolute atomic E-state index is 0. The molecule has 1 aliphatic carbocycles. The molecular formula is C22H23ClFN3O3. The fourth-order valence-corrected chi connectivity index (χ4v) is 4.70. The number of aromatic carboxylic acids is 1. The van der Waals surface area contributed by atoms with E-state index in [1.54, 1.807) is 0 Å². The van der Waals surface area contributed by atoms with Gasteiger partial charge in [0.25, 0.3) is 5.56 Å². The van der Waals surface area contributed by atoms with Crippen molar-refractivity contribution in [1.82, 2.24) is 9.38 Å². The quantitative estimate of drug-likeness (QED) is 0.652. The molecule has 158 valence electrons. The van der Waals surface area contributed by atoms with Gasteiger partial charge in [0.15, 0.2) is 5.82 Å². The lowest BCUT2D eigenvalue weighted by atomic mass is 10.0. The average Bonchev–Trinajstić information content (AvgIpc) is 3.16. The molecule has 2 aliphatic rings. The van der Waals surface area contributed by atoms with Crippen molar-refractivity contribution < 1.29 is 14.3 Å². The Labute approximate surface area is 178 Å². The van der Waals surface area contributed by atoms with Crippen LogP contribution < -0.4 is 10.5 Å². The van der Waals surface area contributed by atoms with Crippen molar-refractivity contribution in [3.8, 4) is 0 Å². The molecule has 2 fully saturated rings. The highest BCUT2D eigenvalue weighted by atomic mass is 35.5. The van der Waals surface area contributed by atoms with Crippen LogP contribution in [0.3, 0.4) is 0 Å². The van der Waals surface area contributed by atoms with Gasteiger partial charge in [0.05, 0.1) is 17.4 Å². The topological polar surface area (TPSA) is 77.8 Å². The Morgan fingerprint density at radius 1 is 1.27 bits per heavy atom. The van der Waals surface area contributed by atoms with Crippen LogP contribution in [-0.2, 0) is 0 Å². The van der Waals surface area contributed by atoms with Crippen LogP contribution in [0, 0.1) is 12.7 Å². The molecule has 6 nitrogen and oxygen atoms in total. The van der Waals surface area contributed by atoms with Gasteiger partial charge in [0.1, 0.15) is 5.56 Å². The van der Waals surface area contributed by atoms with E-state index in [1.807, 2.05) is 24.1 Å². The number of carboxylic acids is 1. The maximum Gasteiger partial charge on any atom is 0.341 e. The Kier molecular flexibility index (Phi) is 5.10. The highest BCUT2D eigenvalue weighted by Gasteiger charge is 2.32. The van der Waals surface area contributed by atoms with E-state index in [-0.39, 0.29) is 23.9 Å². The molecule has 1 atom stereocenters. The molecule has 0 aromatic carbocycles. The summed E-state index contributed by atoms with van der Waals surface area (Å²) < 4.78 is 16.4. The summed E-state index contributed by atoms with van der Waals surface area (Å²) >= 11 is 0. The second kappa shape index (κ2) is 7.47. The standard InChI is InChI=1S/C22H22FN3O3.ClH/c1-12-19-15(13-4-5-13)9-16(22(28)29)21(27)26(19)11-17(23)20(12)25-8-6-14(10-25)18-3-2-7-24-18;/h2-3,7,9,11,13-14,24H,4-6,8,10H2,1H3,(H,28,29);1H/t14-;/m1./s1. The van der Waals surface area contributed by atoms with Gasteiger partial charge in [-0.05, 0) is 61.4 Å². The summed E-state index contributed by atoms with van der Waals surface area (Å²) in [6, 6.07) is 5.52. The summed E-state index contributed by atoms with van der Waals surface area (Å²) in [7, 11) is 0. The number of nitrogens with zero attached hydrogens (tertiary/aromatic N) is 2. The van der Waals surface area contributed by atoms with Gasteiger partial charge in [0.2, 0.25) is 0 Å². The number of aromatic amines is 1. The number of rotatable bonds is 4. The number of carbonyl (C=O) groups is 1. The van der Waals surface area contributed by atoms with Crippen molar-refractivity contribution in [2.75, 3.05) is 18.0 Å². The van der Waals surface area contributed by atoms with Crippen LogP contribution >= 0.6 is 12.4 Å². The number of anilines is 1. The molecule has 0 radical (unpaired) electrons. The third kappa shape index (κ3) is 3.17. The Balaban J connectivity index is 0.00000218. The molecule has 0 spiro atoms. The Bertz CT molecular complexity index is 1180. The number of aryl methyl sites for hydroxylation is 1. The summed E-state index contributed by atoms with van der Waals surface area (Å²) in [4.78, 5) is 29.5.